The molecule has 9 nitrogen and oxygen atoms in total. The van der Waals surface area contributed by atoms with Crippen LogP contribution in [0.15, 0.2) is 66.7 Å². The molecule has 2 aromatic carbocycles. The van der Waals surface area contributed by atoms with Crippen LogP contribution in [0.4, 0.5) is 10.5 Å². The van der Waals surface area contributed by atoms with Crippen LogP contribution in [0.2, 0.25) is 0 Å². The molecule has 10 heteroatoms. The number of amides is 2. The third kappa shape index (κ3) is 7.73. The number of carbonyl (C=O) groups is 3. The van der Waals surface area contributed by atoms with E-state index in [1.807, 2.05) is 59.6 Å². The molecule has 4 N–H and O–H groups in total. The van der Waals surface area contributed by atoms with Crippen LogP contribution in [0.25, 0.3) is 11.1 Å². The zero-order valence-corrected chi connectivity index (χ0v) is 22.6. The van der Waals surface area contributed by atoms with Crippen LogP contribution in [0, 0.1) is 6.42 Å². The first-order chi connectivity index (χ1) is 19.1. The molecule has 3 aromatic rings. The number of para-hydroxylation sites is 1. The highest BCUT2D eigenvalue weighted by Gasteiger charge is 2.28. The Bertz CT molecular complexity index is 1240. The molecule has 1 aliphatic heterocycles. The van der Waals surface area contributed by atoms with Crippen molar-refractivity contribution in [3.8, 4) is 11.1 Å². The van der Waals surface area contributed by atoms with Crippen molar-refractivity contribution in [1.29, 1.82) is 0 Å². The van der Waals surface area contributed by atoms with Crippen LogP contribution < -0.4 is 21.4 Å². The van der Waals surface area contributed by atoms with E-state index in [1.165, 1.54) is 0 Å². The van der Waals surface area contributed by atoms with Crippen LogP contribution in [0.3, 0.4) is 0 Å². The first-order valence-corrected chi connectivity index (χ1v) is 13.9. The number of nitrogens with two attached hydrogens (primary N) is 1. The number of ether oxygens (including phenoxy) is 1. The zero-order chi connectivity index (χ0) is 27.5. The smallest absolute Gasteiger partial charge is 0.429 e. The number of piperidine rings is 1. The molecule has 1 saturated heterocycles. The average molecular weight is 549 g/mol. The zero-order valence-electron chi connectivity index (χ0n) is 21.8. The topological polar surface area (TPSA) is 117 Å². The van der Waals surface area contributed by atoms with Gasteiger partial charge < -0.3 is 21.1 Å². The van der Waals surface area contributed by atoms with Gasteiger partial charge in [-0.25, -0.2) is 14.8 Å². The lowest BCUT2D eigenvalue weighted by molar-refractivity contribution is 0.0957. The van der Waals surface area contributed by atoms with E-state index in [0.29, 0.717) is 29.4 Å². The van der Waals surface area contributed by atoms with Gasteiger partial charge in [0.15, 0.2) is 5.78 Å². The molecule has 0 aliphatic carbocycles. The number of hydrazine groups is 1. The minimum atomic E-state index is -0.459. The monoisotopic (exact) mass is 548 g/mol. The predicted octanol–water partition coefficient (Wildman–Crippen LogP) is 3.73. The van der Waals surface area contributed by atoms with Gasteiger partial charge in [-0.3, -0.25) is 9.59 Å². The summed E-state index contributed by atoms with van der Waals surface area (Å²) in [5, 5.41) is 9.39. The summed E-state index contributed by atoms with van der Waals surface area (Å²) in [6.45, 7) is 2.67. The van der Waals surface area contributed by atoms with Crippen molar-refractivity contribution in [3.05, 3.63) is 82.9 Å². The van der Waals surface area contributed by atoms with Crippen molar-refractivity contribution >= 4 is 34.8 Å². The quantitative estimate of drug-likeness (QED) is 0.233. The van der Waals surface area contributed by atoms with Crippen molar-refractivity contribution in [1.82, 2.24) is 15.6 Å². The van der Waals surface area contributed by atoms with Gasteiger partial charge in [-0.15, -0.1) is 11.3 Å². The Morgan fingerprint density at radius 3 is 2.41 bits per heavy atom. The van der Waals surface area contributed by atoms with Crippen LogP contribution in [0.1, 0.15) is 32.2 Å². The van der Waals surface area contributed by atoms with E-state index in [0.717, 1.165) is 54.1 Å². The highest BCUT2D eigenvalue weighted by atomic mass is 32.1. The maximum atomic E-state index is 13.4. The molecule has 39 heavy (non-hydrogen) atoms. The van der Waals surface area contributed by atoms with Crippen molar-refractivity contribution in [2.75, 3.05) is 50.9 Å². The number of carbonyl (C=O) groups excluding carboxylic acids is 3. The number of nitrogens with zero attached hydrogens (tertiary/aromatic N) is 2. The SMILES string of the molecule is NCCNC(=O)c1ccc(C(=O)CNCCOC(=O)N(c2ccccc2-c2ccccc2)N2CC[CH]CC2)s1. The summed E-state index contributed by atoms with van der Waals surface area (Å²) < 4.78 is 5.66. The average Bonchev–Trinajstić information content (AvgIpc) is 3.48. The number of rotatable bonds is 12. The third-order valence-electron chi connectivity index (χ3n) is 6.18. The van der Waals surface area contributed by atoms with Gasteiger partial charge in [-0.2, -0.15) is 0 Å². The van der Waals surface area contributed by atoms with Gasteiger partial charge in [0, 0.05) is 38.3 Å². The molecule has 1 aromatic heterocycles. The van der Waals surface area contributed by atoms with Gasteiger partial charge in [-0.1, -0.05) is 48.5 Å². The van der Waals surface area contributed by atoms with E-state index in [2.05, 4.69) is 17.1 Å². The van der Waals surface area contributed by atoms with E-state index in [4.69, 9.17) is 10.5 Å². The minimum Gasteiger partial charge on any atom is -0.447 e. The second-order valence-electron chi connectivity index (χ2n) is 8.94. The number of hydrogen-bond donors (Lipinski definition) is 3. The van der Waals surface area contributed by atoms with Gasteiger partial charge in [0.25, 0.3) is 5.91 Å². The fourth-order valence-corrected chi connectivity index (χ4v) is 5.13. The Balaban J connectivity index is 1.34. The van der Waals surface area contributed by atoms with Gasteiger partial charge in [0.05, 0.1) is 22.0 Å². The standard InChI is InChI=1S/C29H34N5O4S/c30-15-16-32-28(36)27-14-13-26(39-27)25(35)21-31-17-20-38-29(37)34(33-18-7-2-8-19-33)24-12-6-5-11-23(24)22-9-3-1-4-10-22/h1-6,9-14,31H,7-8,15-21,30H2,(H,32,36). The summed E-state index contributed by atoms with van der Waals surface area (Å²) in [5.74, 6) is -0.374. The van der Waals surface area contributed by atoms with E-state index in [-0.39, 0.29) is 24.8 Å². The fraction of sp³-hybridized carbons (Fsp3) is 0.310. The number of nitrogens with one attached hydrogen (secondary N) is 2. The number of ketones is 1. The minimum absolute atomic E-state index is 0.0738. The largest absolute Gasteiger partial charge is 0.447 e. The van der Waals surface area contributed by atoms with Crippen LogP contribution in [0.5, 0.6) is 0 Å². The molecular formula is C29H34N5O4S. The second kappa shape index (κ2) is 14.5. The van der Waals surface area contributed by atoms with Crippen molar-refractivity contribution in [3.63, 3.8) is 0 Å². The highest BCUT2D eigenvalue weighted by molar-refractivity contribution is 7.16. The van der Waals surface area contributed by atoms with Gasteiger partial charge >= 0.3 is 6.09 Å². The molecule has 0 atom stereocenters. The molecule has 0 bridgehead atoms. The van der Waals surface area contributed by atoms with E-state index >= 15 is 0 Å². The Labute approximate surface area is 232 Å². The van der Waals surface area contributed by atoms with Crippen molar-refractivity contribution in [2.24, 2.45) is 5.73 Å². The van der Waals surface area contributed by atoms with E-state index in [1.54, 1.807) is 17.1 Å². The maximum absolute atomic E-state index is 13.4. The lowest BCUT2D eigenvalue weighted by Crippen LogP contribution is -2.50. The Morgan fingerprint density at radius 1 is 0.923 bits per heavy atom. The molecule has 2 amide bonds. The summed E-state index contributed by atoms with van der Waals surface area (Å²) >= 11 is 1.14. The molecule has 0 spiro atoms. The van der Waals surface area contributed by atoms with Crippen LogP contribution in [-0.4, -0.2) is 68.7 Å². The summed E-state index contributed by atoms with van der Waals surface area (Å²) in [5.41, 5.74) is 8.14. The van der Waals surface area contributed by atoms with Crippen LogP contribution >= 0.6 is 11.3 Å². The number of Topliss-reactive ketones (excluding diaryl/α,β-unsaturated/α-hetero) is 1. The lowest BCUT2D eigenvalue weighted by atomic mass is 10.0. The fourth-order valence-electron chi connectivity index (χ4n) is 4.27. The van der Waals surface area contributed by atoms with Gasteiger partial charge in [0.1, 0.15) is 6.61 Å². The molecule has 205 valence electrons. The summed E-state index contributed by atoms with van der Waals surface area (Å²) in [6.07, 6.45) is 3.55. The predicted molar refractivity (Wildman–Crippen MR) is 154 cm³/mol. The number of thiophene rings is 1. The van der Waals surface area contributed by atoms with Crippen LogP contribution in [-0.2, 0) is 4.74 Å². The number of hydrogen-bond acceptors (Lipinski definition) is 8. The summed E-state index contributed by atoms with van der Waals surface area (Å²) in [4.78, 5) is 38.9. The first-order valence-electron chi connectivity index (χ1n) is 13.1. The number of benzene rings is 2. The molecule has 1 radical (unpaired) electrons. The summed E-state index contributed by atoms with van der Waals surface area (Å²) in [6, 6.07) is 21.1. The molecule has 0 unspecified atom stereocenters. The van der Waals surface area contributed by atoms with Crippen molar-refractivity contribution in [2.45, 2.75) is 12.8 Å². The maximum Gasteiger partial charge on any atom is 0.429 e. The molecule has 4 rings (SSSR count). The van der Waals surface area contributed by atoms with Gasteiger partial charge in [-0.05, 0) is 43.0 Å². The number of anilines is 1. The first kappa shape index (κ1) is 28.4. The molecular weight excluding hydrogens is 514 g/mol. The van der Waals surface area contributed by atoms with Crippen molar-refractivity contribution < 1.29 is 19.1 Å². The molecule has 1 fully saturated rings. The molecule has 0 saturated carbocycles. The van der Waals surface area contributed by atoms with E-state index in [9.17, 15) is 14.4 Å². The Hall–Kier alpha value is -3.57. The van der Waals surface area contributed by atoms with E-state index < -0.39 is 6.09 Å². The summed E-state index contributed by atoms with van der Waals surface area (Å²) in [7, 11) is 0. The lowest BCUT2D eigenvalue weighted by Gasteiger charge is -2.37. The molecule has 2 heterocycles. The third-order valence-corrected chi connectivity index (χ3v) is 7.30. The molecule has 1 aliphatic rings. The highest BCUT2D eigenvalue weighted by Crippen LogP contribution is 2.33. The Kier molecular flexibility index (Phi) is 10.6. The Morgan fingerprint density at radius 2 is 1.64 bits per heavy atom. The second-order valence-corrected chi connectivity index (χ2v) is 10.0. The van der Waals surface area contributed by atoms with Gasteiger partial charge in [0.2, 0.25) is 0 Å². The normalized spacial score (nSPS) is 13.6.